The molecule has 0 radical (unpaired) electrons. The summed E-state index contributed by atoms with van der Waals surface area (Å²) in [6.07, 6.45) is 2.02. The summed E-state index contributed by atoms with van der Waals surface area (Å²) in [6, 6.07) is 7.51. The van der Waals surface area contributed by atoms with E-state index in [1.807, 2.05) is 24.3 Å². The summed E-state index contributed by atoms with van der Waals surface area (Å²) >= 11 is 4.84. The second-order valence-corrected chi connectivity index (χ2v) is 4.86. The van der Waals surface area contributed by atoms with Gasteiger partial charge in [-0.3, -0.25) is 4.79 Å². The van der Waals surface area contributed by atoms with Crippen molar-refractivity contribution in [2.45, 2.75) is 25.4 Å². The number of rotatable bonds is 4. The predicted molar refractivity (Wildman–Crippen MR) is 74.5 cm³/mol. The molecule has 1 fully saturated rings. The fourth-order valence-corrected chi connectivity index (χ4v) is 2.08. The molecule has 0 saturated carbocycles. The van der Waals surface area contributed by atoms with Crippen molar-refractivity contribution in [3.8, 4) is 0 Å². The number of hydrogen-bond acceptors (Lipinski definition) is 3. The van der Waals surface area contributed by atoms with E-state index in [0.717, 1.165) is 24.1 Å². The van der Waals surface area contributed by atoms with E-state index < -0.39 is 0 Å². The number of ether oxygens (including phenoxy) is 1. The Bertz CT molecular complexity index is 439. The van der Waals surface area contributed by atoms with Crippen molar-refractivity contribution in [1.82, 2.24) is 0 Å². The molecule has 5 heteroatoms. The van der Waals surface area contributed by atoms with E-state index in [1.165, 1.54) is 0 Å². The second kappa shape index (κ2) is 5.93. The molecule has 1 saturated heterocycles. The van der Waals surface area contributed by atoms with Gasteiger partial charge in [-0.1, -0.05) is 24.4 Å². The lowest BCUT2D eigenvalue weighted by molar-refractivity contribution is -0.124. The number of amides is 1. The zero-order chi connectivity index (χ0) is 13.0. The minimum absolute atomic E-state index is 0.0744. The largest absolute Gasteiger partial charge is 0.393 e. The van der Waals surface area contributed by atoms with Crippen LogP contribution in [0.15, 0.2) is 24.3 Å². The molecular formula is C13H16N2O2S. The third-order valence-corrected chi connectivity index (χ3v) is 2.97. The van der Waals surface area contributed by atoms with Gasteiger partial charge in [0.1, 0.15) is 6.10 Å². The molecule has 0 aromatic heterocycles. The van der Waals surface area contributed by atoms with Gasteiger partial charge in [-0.2, -0.15) is 0 Å². The molecule has 2 rings (SSSR count). The number of anilines is 1. The molecule has 1 aliphatic rings. The summed E-state index contributed by atoms with van der Waals surface area (Å²) in [6.45, 7) is 0.672. The highest BCUT2D eigenvalue weighted by Crippen LogP contribution is 2.15. The fourth-order valence-electron chi connectivity index (χ4n) is 1.91. The molecular weight excluding hydrogens is 248 g/mol. The van der Waals surface area contributed by atoms with Gasteiger partial charge in [0, 0.05) is 18.7 Å². The average Bonchev–Trinajstić information content (AvgIpc) is 2.84. The number of nitrogens with one attached hydrogen (secondary N) is 1. The summed E-state index contributed by atoms with van der Waals surface area (Å²) < 4.78 is 5.32. The standard InChI is InChI=1S/C13H16N2O2S/c14-12(18)8-9-3-5-10(6-4-9)15-13(16)11-2-1-7-17-11/h3-6,11H,1-2,7-8H2,(H2,14,18)(H,15,16). The maximum atomic E-state index is 11.8. The molecule has 0 bridgehead atoms. The van der Waals surface area contributed by atoms with Crippen molar-refractivity contribution in [2.24, 2.45) is 5.73 Å². The third kappa shape index (κ3) is 3.51. The lowest BCUT2D eigenvalue weighted by atomic mass is 10.1. The van der Waals surface area contributed by atoms with Gasteiger partial charge in [0.2, 0.25) is 0 Å². The second-order valence-electron chi connectivity index (χ2n) is 4.33. The highest BCUT2D eigenvalue weighted by Gasteiger charge is 2.23. The number of carbonyl (C=O) groups excluding carboxylic acids is 1. The topological polar surface area (TPSA) is 64.3 Å². The van der Waals surface area contributed by atoms with Gasteiger partial charge in [-0.05, 0) is 30.5 Å². The molecule has 1 aromatic carbocycles. The van der Waals surface area contributed by atoms with Crippen LogP contribution in [0.5, 0.6) is 0 Å². The van der Waals surface area contributed by atoms with Crippen LogP contribution in [-0.4, -0.2) is 23.6 Å². The van der Waals surface area contributed by atoms with Crippen LogP contribution in [0.4, 0.5) is 5.69 Å². The van der Waals surface area contributed by atoms with E-state index in [0.29, 0.717) is 18.0 Å². The maximum absolute atomic E-state index is 11.8. The van der Waals surface area contributed by atoms with Crippen LogP contribution in [0, 0.1) is 0 Å². The average molecular weight is 264 g/mol. The van der Waals surface area contributed by atoms with Gasteiger partial charge in [-0.15, -0.1) is 0 Å². The Kier molecular flexibility index (Phi) is 4.28. The Morgan fingerprint density at radius 1 is 1.44 bits per heavy atom. The SMILES string of the molecule is NC(=S)Cc1ccc(NC(=O)C2CCCO2)cc1. The molecule has 1 heterocycles. The van der Waals surface area contributed by atoms with Gasteiger partial charge >= 0.3 is 0 Å². The van der Waals surface area contributed by atoms with E-state index in [1.54, 1.807) is 0 Å². The van der Waals surface area contributed by atoms with E-state index in [-0.39, 0.29) is 12.0 Å². The van der Waals surface area contributed by atoms with Gasteiger partial charge in [-0.25, -0.2) is 0 Å². The Hall–Kier alpha value is -1.46. The Morgan fingerprint density at radius 3 is 2.72 bits per heavy atom. The number of nitrogens with two attached hydrogens (primary N) is 1. The molecule has 1 aromatic rings. The maximum Gasteiger partial charge on any atom is 0.253 e. The first-order chi connectivity index (χ1) is 8.65. The van der Waals surface area contributed by atoms with E-state index in [4.69, 9.17) is 22.7 Å². The number of benzene rings is 1. The molecule has 4 nitrogen and oxygen atoms in total. The highest BCUT2D eigenvalue weighted by molar-refractivity contribution is 7.80. The summed E-state index contributed by atoms with van der Waals surface area (Å²) in [5.74, 6) is -0.0744. The van der Waals surface area contributed by atoms with Crippen LogP contribution in [-0.2, 0) is 16.0 Å². The van der Waals surface area contributed by atoms with Crippen molar-refractivity contribution in [2.75, 3.05) is 11.9 Å². The molecule has 3 N–H and O–H groups in total. The number of hydrogen-bond donors (Lipinski definition) is 2. The summed E-state index contributed by atoms with van der Waals surface area (Å²) in [7, 11) is 0. The first kappa shape index (κ1) is 13.0. The zero-order valence-electron chi connectivity index (χ0n) is 10.0. The van der Waals surface area contributed by atoms with E-state index in [9.17, 15) is 4.79 Å². The van der Waals surface area contributed by atoms with Crippen molar-refractivity contribution < 1.29 is 9.53 Å². The number of thiocarbonyl (C=S) groups is 1. The first-order valence-corrected chi connectivity index (χ1v) is 6.35. The molecule has 1 amide bonds. The predicted octanol–water partition coefficient (Wildman–Crippen LogP) is 1.63. The molecule has 96 valence electrons. The minimum atomic E-state index is -0.304. The third-order valence-electron chi connectivity index (χ3n) is 2.82. The van der Waals surface area contributed by atoms with Crippen LogP contribution in [0.1, 0.15) is 18.4 Å². The Labute approximate surface area is 112 Å². The Morgan fingerprint density at radius 2 is 2.17 bits per heavy atom. The lowest BCUT2D eigenvalue weighted by Crippen LogP contribution is -2.26. The zero-order valence-corrected chi connectivity index (χ0v) is 10.8. The van der Waals surface area contributed by atoms with Crippen LogP contribution in [0.2, 0.25) is 0 Å². The first-order valence-electron chi connectivity index (χ1n) is 5.95. The highest BCUT2D eigenvalue weighted by atomic mass is 32.1. The van der Waals surface area contributed by atoms with Crippen LogP contribution in [0.25, 0.3) is 0 Å². The monoisotopic (exact) mass is 264 g/mol. The Balaban J connectivity index is 1.93. The van der Waals surface area contributed by atoms with Gasteiger partial charge in [0.25, 0.3) is 5.91 Å². The normalized spacial score (nSPS) is 18.6. The molecule has 0 spiro atoms. The van der Waals surface area contributed by atoms with E-state index in [2.05, 4.69) is 5.32 Å². The minimum Gasteiger partial charge on any atom is -0.393 e. The van der Waals surface area contributed by atoms with Crippen molar-refractivity contribution in [1.29, 1.82) is 0 Å². The molecule has 1 unspecified atom stereocenters. The molecule has 18 heavy (non-hydrogen) atoms. The fraction of sp³-hybridized carbons (Fsp3) is 0.385. The van der Waals surface area contributed by atoms with Gasteiger partial charge in [0.15, 0.2) is 0 Å². The van der Waals surface area contributed by atoms with Gasteiger partial charge < -0.3 is 15.8 Å². The molecule has 1 atom stereocenters. The van der Waals surface area contributed by atoms with E-state index >= 15 is 0 Å². The summed E-state index contributed by atoms with van der Waals surface area (Å²) in [4.78, 5) is 12.3. The smallest absolute Gasteiger partial charge is 0.253 e. The van der Waals surface area contributed by atoms with Crippen LogP contribution in [0.3, 0.4) is 0 Å². The summed E-state index contributed by atoms with van der Waals surface area (Å²) in [5.41, 5.74) is 7.28. The molecule has 0 aliphatic carbocycles. The van der Waals surface area contributed by atoms with Crippen molar-refractivity contribution >= 4 is 28.8 Å². The summed E-state index contributed by atoms with van der Waals surface area (Å²) in [5, 5.41) is 2.84. The van der Waals surface area contributed by atoms with Crippen molar-refractivity contribution in [3.05, 3.63) is 29.8 Å². The quantitative estimate of drug-likeness (QED) is 0.811. The number of carbonyl (C=O) groups is 1. The van der Waals surface area contributed by atoms with Crippen LogP contribution >= 0.6 is 12.2 Å². The van der Waals surface area contributed by atoms with Crippen molar-refractivity contribution in [3.63, 3.8) is 0 Å². The van der Waals surface area contributed by atoms with Gasteiger partial charge in [0.05, 0.1) is 4.99 Å². The molecule has 1 aliphatic heterocycles. The lowest BCUT2D eigenvalue weighted by Gasteiger charge is -2.10. The van der Waals surface area contributed by atoms with Crippen LogP contribution < -0.4 is 11.1 Å².